The molecule has 96 valence electrons. The third-order valence-electron chi connectivity index (χ3n) is 2.36. The molecule has 0 fully saturated rings. The smallest absolute Gasteiger partial charge is 0.161 e. The highest BCUT2D eigenvalue weighted by atomic mass is 32.2. The fourth-order valence-corrected chi connectivity index (χ4v) is 1.94. The summed E-state index contributed by atoms with van der Waals surface area (Å²) in [6.45, 7) is 1.57. The van der Waals surface area contributed by atoms with Gasteiger partial charge in [0.2, 0.25) is 0 Å². The van der Waals surface area contributed by atoms with Crippen LogP contribution in [0.15, 0.2) is 18.2 Å². The highest BCUT2D eigenvalue weighted by Crippen LogP contribution is 2.28. The summed E-state index contributed by atoms with van der Waals surface area (Å²) in [7, 11) is 3.60. The minimum absolute atomic E-state index is 0.736. The average Bonchev–Trinajstić information content (AvgIpc) is 2.35. The summed E-state index contributed by atoms with van der Waals surface area (Å²) in [6, 6.07) is 6.04. The number of rotatable bonds is 8. The van der Waals surface area contributed by atoms with Crippen molar-refractivity contribution in [2.75, 3.05) is 32.8 Å². The molecule has 0 saturated heterocycles. The molecule has 0 aliphatic carbocycles. The van der Waals surface area contributed by atoms with E-state index in [2.05, 4.69) is 11.6 Å². The first kappa shape index (κ1) is 14.2. The largest absolute Gasteiger partial charge is 0.493 e. The fourth-order valence-electron chi connectivity index (χ4n) is 1.53. The van der Waals surface area contributed by atoms with E-state index in [1.165, 1.54) is 5.56 Å². The summed E-state index contributed by atoms with van der Waals surface area (Å²) >= 11 is 1.84. The van der Waals surface area contributed by atoms with Gasteiger partial charge in [-0.3, -0.25) is 0 Å². The maximum atomic E-state index is 5.75. The molecule has 0 bridgehead atoms. The van der Waals surface area contributed by atoms with Crippen molar-refractivity contribution in [2.45, 2.75) is 13.0 Å². The zero-order valence-corrected chi connectivity index (χ0v) is 11.6. The number of hydrogen-bond acceptors (Lipinski definition) is 4. The van der Waals surface area contributed by atoms with E-state index in [1.54, 1.807) is 7.11 Å². The van der Waals surface area contributed by atoms with Gasteiger partial charge in [0.05, 0.1) is 13.7 Å². The van der Waals surface area contributed by atoms with Crippen molar-refractivity contribution in [3.05, 3.63) is 23.8 Å². The highest BCUT2D eigenvalue weighted by molar-refractivity contribution is 7.98. The Bertz CT molecular complexity index is 331. The molecule has 0 unspecified atom stereocenters. The van der Waals surface area contributed by atoms with Crippen molar-refractivity contribution in [1.29, 1.82) is 0 Å². The number of thioether (sulfide) groups is 1. The maximum absolute atomic E-state index is 5.75. The lowest BCUT2D eigenvalue weighted by Gasteiger charge is -2.12. The summed E-state index contributed by atoms with van der Waals surface area (Å²) in [5.74, 6) is 2.76. The van der Waals surface area contributed by atoms with Crippen LogP contribution in [0.2, 0.25) is 0 Å². The molecule has 0 amide bonds. The molecule has 1 N–H and O–H groups in total. The Balaban J connectivity index is 2.62. The molecule has 3 nitrogen and oxygen atoms in total. The van der Waals surface area contributed by atoms with E-state index in [-0.39, 0.29) is 0 Å². The van der Waals surface area contributed by atoms with Crippen molar-refractivity contribution >= 4 is 11.8 Å². The second-order valence-electron chi connectivity index (χ2n) is 3.71. The molecule has 0 aliphatic rings. The molecule has 0 aliphatic heterocycles. The van der Waals surface area contributed by atoms with E-state index in [4.69, 9.17) is 9.47 Å². The van der Waals surface area contributed by atoms with E-state index < -0.39 is 0 Å². The Kier molecular flexibility index (Phi) is 6.89. The number of hydrogen-bond donors (Lipinski definition) is 1. The first-order valence-corrected chi connectivity index (χ1v) is 7.14. The van der Waals surface area contributed by atoms with Crippen molar-refractivity contribution in [3.8, 4) is 11.5 Å². The molecule has 0 heterocycles. The van der Waals surface area contributed by atoms with E-state index in [9.17, 15) is 0 Å². The Hall–Kier alpha value is -0.870. The van der Waals surface area contributed by atoms with Gasteiger partial charge >= 0.3 is 0 Å². The van der Waals surface area contributed by atoms with Crippen molar-refractivity contribution < 1.29 is 9.47 Å². The summed E-state index contributed by atoms with van der Waals surface area (Å²) < 4.78 is 11.0. The molecule has 1 aromatic rings. The van der Waals surface area contributed by atoms with Crippen LogP contribution in [0, 0.1) is 0 Å². The third kappa shape index (κ3) is 4.88. The zero-order chi connectivity index (χ0) is 12.5. The van der Waals surface area contributed by atoms with Crippen molar-refractivity contribution in [3.63, 3.8) is 0 Å². The highest BCUT2D eigenvalue weighted by Gasteiger charge is 2.05. The summed E-state index contributed by atoms with van der Waals surface area (Å²) in [4.78, 5) is 0. The molecule has 0 radical (unpaired) electrons. The van der Waals surface area contributed by atoms with Gasteiger partial charge < -0.3 is 14.8 Å². The second kappa shape index (κ2) is 8.25. The molecular formula is C13H21NO2S. The second-order valence-corrected chi connectivity index (χ2v) is 4.70. The SMILES string of the molecule is CNCc1ccc(OC)c(OCCCSC)c1. The van der Waals surface area contributed by atoms with E-state index in [1.807, 2.05) is 37.0 Å². The summed E-state index contributed by atoms with van der Waals surface area (Å²) in [5.41, 5.74) is 1.20. The van der Waals surface area contributed by atoms with Gasteiger partial charge in [-0.2, -0.15) is 11.8 Å². The summed E-state index contributed by atoms with van der Waals surface area (Å²) in [5, 5.41) is 3.13. The van der Waals surface area contributed by atoms with Gasteiger partial charge in [-0.15, -0.1) is 0 Å². The number of methoxy groups -OCH3 is 1. The van der Waals surface area contributed by atoms with E-state index in [0.29, 0.717) is 0 Å². The van der Waals surface area contributed by atoms with Crippen LogP contribution in [0.1, 0.15) is 12.0 Å². The zero-order valence-electron chi connectivity index (χ0n) is 10.8. The first-order chi connectivity index (χ1) is 8.31. The fraction of sp³-hybridized carbons (Fsp3) is 0.538. The van der Waals surface area contributed by atoms with Crippen LogP contribution in [-0.2, 0) is 6.54 Å². The Morgan fingerprint density at radius 1 is 1.29 bits per heavy atom. The average molecular weight is 255 g/mol. The van der Waals surface area contributed by atoms with Crippen molar-refractivity contribution in [1.82, 2.24) is 5.32 Å². The van der Waals surface area contributed by atoms with Gasteiger partial charge in [-0.25, -0.2) is 0 Å². The molecule has 0 spiro atoms. The minimum atomic E-state index is 0.736. The topological polar surface area (TPSA) is 30.5 Å². The molecule has 17 heavy (non-hydrogen) atoms. The lowest BCUT2D eigenvalue weighted by atomic mass is 10.2. The summed E-state index contributed by atoms with van der Waals surface area (Å²) in [6.07, 6.45) is 3.16. The molecule has 1 rings (SSSR count). The molecular weight excluding hydrogens is 234 g/mol. The van der Waals surface area contributed by atoms with Gasteiger partial charge in [0.25, 0.3) is 0 Å². The van der Waals surface area contributed by atoms with Crippen LogP contribution in [0.4, 0.5) is 0 Å². The van der Waals surface area contributed by atoms with E-state index in [0.717, 1.165) is 36.8 Å². The predicted molar refractivity (Wildman–Crippen MR) is 74.3 cm³/mol. The molecule has 0 saturated carbocycles. The van der Waals surface area contributed by atoms with Crippen LogP contribution in [0.25, 0.3) is 0 Å². The molecule has 0 aromatic heterocycles. The van der Waals surface area contributed by atoms with Crippen LogP contribution < -0.4 is 14.8 Å². The van der Waals surface area contributed by atoms with Gasteiger partial charge in [0, 0.05) is 6.54 Å². The normalized spacial score (nSPS) is 10.3. The number of nitrogens with one attached hydrogen (secondary N) is 1. The number of benzene rings is 1. The van der Waals surface area contributed by atoms with Crippen LogP contribution in [-0.4, -0.2) is 32.8 Å². The van der Waals surface area contributed by atoms with Gasteiger partial charge in [-0.1, -0.05) is 6.07 Å². The quantitative estimate of drug-likeness (QED) is 0.723. The Morgan fingerprint density at radius 2 is 2.12 bits per heavy atom. The van der Waals surface area contributed by atoms with E-state index >= 15 is 0 Å². The monoisotopic (exact) mass is 255 g/mol. The Morgan fingerprint density at radius 3 is 2.76 bits per heavy atom. The molecule has 4 heteroatoms. The van der Waals surface area contributed by atoms with Crippen LogP contribution >= 0.6 is 11.8 Å². The Labute approximate surface area is 108 Å². The lowest BCUT2D eigenvalue weighted by Crippen LogP contribution is -2.06. The maximum Gasteiger partial charge on any atom is 0.161 e. The van der Waals surface area contributed by atoms with Crippen molar-refractivity contribution in [2.24, 2.45) is 0 Å². The lowest BCUT2D eigenvalue weighted by molar-refractivity contribution is 0.295. The van der Waals surface area contributed by atoms with Crippen LogP contribution in [0.5, 0.6) is 11.5 Å². The van der Waals surface area contributed by atoms with Crippen LogP contribution in [0.3, 0.4) is 0 Å². The van der Waals surface area contributed by atoms with Gasteiger partial charge in [0.15, 0.2) is 11.5 Å². The minimum Gasteiger partial charge on any atom is -0.493 e. The van der Waals surface area contributed by atoms with Gasteiger partial charge in [-0.05, 0) is 43.2 Å². The number of ether oxygens (including phenoxy) is 2. The molecule has 1 aromatic carbocycles. The predicted octanol–water partition coefficient (Wildman–Crippen LogP) is 2.55. The molecule has 0 atom stereocenters. The first-order valence-electron chi connectivity index (χ1n) is 5.75. The standard InChI is InChI=1S/C13H21NO2S/c1-14-10-11-5-6-12(15-2)13(9-11)16-7-4-8-17-3/h5-6,9,14H,4,7-8,10H2,1-3H3. The van der Waals surface area contributed by atoms with Gasteiger partial charge in [0.1, 0.15) is 0 Å². The third-order valence-corrected chi connectivity index (χ3v) is 3.06.